The fourth-order valence-electron chi connectivity index (χ4n) is 4.26. The molecule has 8 nitrogen and oxygen atoms in total. The largest absolute Gasteiger partial charge is 0.358 e. The highest BCUT2D eigenvalue weighted by atomic mass is 16.2. The molecule has 0 aliphatic rings. The van der Waals surface area contributed by atoms with Gasteiger partial charge in [0.2, 0.25) is 12.3 Å². The number of benzene rings is 1. The van der Waals surface area contributed by atoms with Crippen LogP contribution in [0.2, 0.25) is 0 Å². The molecule has 2 aromatic heterocycles. The van der Waals surface area contributed by atoms with Gasteiger partial charge >= 0.3 is 0 Å². The van der Waals surface area contributed by atoms with Crippen LogP contribution in [0.1, 0.15) is 49.3 Å². The number of hydrogen-bond donors (Lipinski definition) is 3. The number of pyridine rings is 1. The third-order valence-corrected chi connectivity index (χ3v) is 6.17. The molecule has 186 valence electrons. The zero-order valence-corrected chi connectivity index (χ0v) is 20.9. The molecule has 3 rings (SSSR count). The Balaban J connectivity index is 1.72. The maximum Gasteiger partial charge on any atom is 0.270 e. The number of carbonyl (C=O) groups is 3. The van der Waals surface area contributed by atoms with Gasteiger partial charge in [-0.15, -0.1) is 0 Å². The van der Waals surface area contributed by atoms with Gasteiger partial charge in [0.25, 0.3) is 5.91 Å². The van der Waals surface area contributed by atoms with Crippen molar-refractivity contribution in [3.8, 4) is 0 Å². The molecule has 8 heteroatoms. The summed E-state index contributed by atoms with van der Waals surface area (Å²) >= 11 is 0. The second kappa shape index (κ2) is 12.1. The molecule has 3 aromatic rings. The lowest BCUT2D eigenvalue weighted by Gasteiger charge is -2.30. The summed E-state index contributed by atoms with van der Waals surface area (Å²) in [5.41, 5.74) is 2.78. The topological polar surface area (TPSA) is 107 Å². The van der Waals surface area contributed by atoms with E-state index >= 15 is 0 Å². The van der Waals surface area contributed by atoms with Gasteiger partial charge in [0.05, 0.1) is 5.92 Å². The molecular weight excluding hydrogens is 442 g/mol. The number of aromatic amines is 1. The summed E-state index contributed by atoms with van der Waals surface area (Å²) < 4.78 is 0. The maximum absolute atomic E-state index is 13.3. The first-order chi connectivity index (χ1) is 16.8. The second-order valence-corrected chi connectivity index (χ2v) is 9.43. The molecule has 0 spiro atoms. The molecule has 0 radical (unpaired) electrons. The standard InChI is InChI=1S/C27H35N5O3/c1-18(2)14-23(32(4)27(35)24-15-20-11-10-19(3)29-25(20)31-24)13-12-21(16-28-17-33)26(34)30-22-8-6-5-7-9-22/h5-11,15,17-18,21,23H,12-14,16H2,1-4H3,(H,28,33)(H,29,31)(H,30,34). The van der Waals surface area contributed by atoms with Crippen LogP contribution in [-0.2, 0) is 9.59 Å². The van der Waals surface area contributed by atoms with E-state index in [1.54, 1.807) is 4.90 Å². The van der Waals surface area contributed by atoms with Crippen LogP contribution in [0.15, 0.2) is 48.5 Å². The van der Waals surface area contributed by atoms with Crippen molar-refractivity contribution >= 4 is 34.9 Å². The van der Waals surface area contributed by atoms with E-state index in [4.69, 9.17) is 0 Å². The van der Waals surface area contributed by atoms with E-state index in [1.165, 1.54) is 0 Å². The molecule has 0 saturated heterocycles. The summed E-state index contributed by atoms with van der Waals surface area (Å²) in [6.45, 7) is 6.39. The summed E-state index contributed by atoms with van der Waals surface area (Å²) in [6, 6.07) is 14.9. The number of aryl methyl sites for hydroxylation is 1. The van der Waals surface area contributed by atoms with Crippen molar-refractivity contribution in [1.29, 1.82) is 0 Å². The van der Waals surface area contributed by atoms with Crippen molar-refractivity contribution in [3.05, 3.63) is 59.9 Å². The van der Waals surface area contributed by atoms with Crippen molar-refractivity contribution in [2.75, 3.05) is 18.9 Å². The fraction of sp³-hybridized carbons (Fsp3) is 0.407. The molecule has 0 fully saturated rings. The Morgan fingerprint density at radius 3 is 2.54 bits per heavy atom. The highest BCUT2D eigenvalue weighted by molar-refractivity contribution is 5.97. The Morgan fingerprint density at radius 1 is 1.11 bits per heavy atom. The first kappa shape index (κ1) is 25.9. The van der Waals surface area contributed by atoms with Crippen LogP contribution in [0.4, 0.5) is 5.69 Å². The summed E-state index contributed by atoms with van der Waals surface area (Å²) in [6.07, 6.45) is 2.57. The zero-order valence-electron chi connectivity index (χ0n) is 20.9. The third kappa shape index (κ3) is 7.15. The number of amides is 3. The van der Waals surface area contributed by atoms with Crippen LogP contribution in [0.25, 0.3) is 11.0 Å². The Morgan fingerprint density at radius 2 is 1.86 bits per heavy atom. The highest BCUT2D eigenvalue weighted by Crippen LogP contribution is 2.22. The van der Waals surface area contributed by atoms with E-state index < -0.39 is 5.92 Å². The third-order valence-electron chi connectivity index (χ3n) is 6.17. The summed E-state index contributed by atoms with van der Waals surface area (Å²) in [5.74, 6) is -0.312. The predicted octanol–water partition coefficient (Wildman–Crippen LogP) is 4.14. The maximum atomic E-state index is 13.3. The first-order valence-electron chi connectivity index (χ1n) is 12.0. The quantitative estimate of drug-likeness (QED) is 0.341. The number of aromatic nitrogens is 2. The molecule has 1 aromatic carbocycles. The summed E-state index contributed by atoms with van der Waals surface area (Å²) in [7, 11) is 1.81. The Kier molecular flexibility index (Phi) is 9.00. The van der Waals surface area contributed by atoms with Gasteiger partial charge in [-0.05, 0) is 62.4 Å². The van der Waals surface area contributed by atoms with E-state index in [9.17, 15) is 14.4 Å². The van der Waals surface area contributed by atoms with Gasteiger partial charge < -0.3 is 20.5 Å². The second-order valence-electron chi connectivity index (χ2n) is 9.43. The molecule has 2 unspecified atom stereocenters. The monoisotopic (exact) mass is 477 g/mol. The van der Waals surface area contributed by atoms with Gasteiger partial charge in [0.15, 0.2) is 0 Å². The van der Waals surface area contributed by atoms with Crippen LogP contribution in [0, 0.1) is 18.8 Å². The van der Waals surface area contributed by atoms with Crippen molar-refractivity contribution in [2.24, 2.45) is 11.8 Å². The molecule has 0 bridgehead atoms. The highest BCUT2D eigenvalue weighted by Gasteiger charge is 2.26. The molecule has 0 aliphatic carbocycles. The molecular formula is C27H35N5O3. The molecule has 2 heterocycles. The molecule has 35 heavy (non-hydrogen) atoms. The van der Waals surface area contributed by atoms with Crippen molar-refractivity contribution < 1.29 is 14.4 Å². The lowest BCUT2D eigenvalue weighted by molar-refractivity contribution is -0.120. The van der Waals surface area contributed by atoms with E-state index in [0.717, 1.165) is 17.5 Å². The number of anilines is 1. The normalized spacial score (nSPS) is 12.8. The number of H-pyrrole nitrogens is 1. The van der Waals surface area contributed by atoms with Crippen molar-refractivity contribution in [1.82, 2.24) is 20.2 Å². The minimum absolute atomic E-state index is 0.0631. The molecule has 0 saturated carbocycles. The predicted molar refractivity (Wildman–Crippen MR) is 138 cm³/mol. The Bertz CT molecular complexity index is 1140. The van der Waals surface area contributed by atoms with Crippen LogP contribution >= 0.6 is 0 Å². The lowest BCUT2D eigenvalue weighted by Crippen LogP contribution is -2.40. The lowest BCUT2D eigenvalue weighted by atomic mass is 9.93. The number of nitrogens with one attached hydrogen (secondary N) is 3. The minimum atomic E-state index is -0.418. The average Bonchev–Trinajstić information content (AvgIpc) is 3.26. The minimum Gasteiger partial charge on any atom is -0.358 e. The fourth-order valence-corrected chi connectivity index (χ4v) is 4.26. The molecule has 0 aliphatic heterocycles. The number of hydrogen-bond acceptors (Lipinski definition) is 4. The van der Waals surface area contributed by atoms with Crippen LogP contribution < -0.4 is 10.6 Å². The van der Waals surface area contributed by atoms with Crippen LogP contribution in [0.3, 0.4) is 0 Å². The molecule has 3 amide bonds. The number of nitrogens with zero attached hydrogens (tertiary/aromatic N) is 2. The number of fused-ring (bicyclic) bond motifs is 1. The van der Waals surface area contributed by atoms with Gasteiger partial charge in [-0.25, -0.2) is 4.98 Å². The van der Waals surface area contributed by atoms with Gasteiger partial charge in [0, 0.05) is 36.4 Å². The SMILES string of the molecule is Cc1ccc2cc(C(=O)N(C)C(CCC(CNC=O)C(=O)Nc3ccccc3)CC(C)C)[nH]c2n1. The van der Waals surface area contributed by atoms with E-state index in [1.807, 2.05) is 62.5 Å². The van der Waals surface area contributed by atoms with Crippen molar-refractivity contribution in [2.45, 2.75) is 46.1 Å². The zero-order chi connectivity index (χ0) is 25.4. The number of carbonyl (C=O) groups excluding carboxylic acids is 3. The summed E-state index contributed by atoms with van der Waals surface area (Å²) in [4.78, 5) is 46.6. The van der Waals surface area contributed by atoms with Crippen molar-refractivity contribution in [3.63, 3.8) is 0 Å². The van der Waals surface area contributed by atoms with Crippen LogP contribution in [0.5, 0.6) is 0 Å². The number of para-hydroxylation sites is 1. The smallest absolute Gasteiger partial charge is 0.270 e. The molecule has 2 atom stereocenters. The molecule has 3 N–H and O–H groups in total. The van der Waals surface area contributed by atoms with Gasteiger partial charge in [-0.2, -0.15) is 0 Å². The average molecular weight is 478 g/mol. The Labute approximate surface area is 206 Å². The van der Waals surface area contributed by atoms with E-state index in [2.05, 4.69) is 34.4 Å². The Hall–Kier alpha value is -3.68. The van der Waals surface area contributed by atoms with E-state index in [0.29, 0.717) is 42.2 Å². The van der Waals surface area contributed by atoms with Gasteiger partial charge in [-0.1, -0.05) is 32.0 Å². The van der Waals surface area contributed by atoms with Gasteiger partial charge in [0.1, 0.15) is 11.3 Å². The summed E-state index contributed by atoms with van der Waals surface area (Å²) in [5, 5.41) is 6.46. The number of rotatable bonds is 12. The first-order valence-corrected chi connectivity index (χ1v) is 12.0. The van der Waals surface area contributed by atoms with E-state index in [-0.39, 0.29) is 24.4 Å². The van der Waals surface area contributed by atoms with Crippen LogP contribution in [-0.4, -0.2) is 52.7 Å². The van der Waals surface area contributed by atoms with Gasteiger partial charge in [-0.3, -0.25) is 14.4 Å².